The van der Waals surface area contributed by atoms with E-state index in [0.29, 0.717) is 27.7 Å². The quantitative estimate of drug-likeness (QED) is 0.372. The number of hydrogen-bond donors (Lipinski definition) is 1. The van der Waals surface area contributed by atoms with Gasteiger partial charge in [-0.1, -0.05) is 23.7 Å². The van der Waals surface area contributed by atoms with Crippen molar-refractivity contribution in [3.05, 3.63) is 94.5 Å². The van der Waals surface area contributed by atoms with E-state index in [1.54, 1.807) is 60.9 Å². The zero-order valence-corrected chi connectivity index (χ0v) is 17.3. The molecule has 2 aromatic heterocycles. The minimum atomic E-state index is -0.870. The lowest BCUT2D eigenvalue weighted by Gasteiger charge is -2.24. The summed E-state index contributed by atoms with van der Waals surface area (Å²) < 4.78 is 5.21. The number of hydrogen-bond acceptors (Lipinski definition) is 6. The second kappa shape index (κ2) is 8.57. The van der Waals surface area contributed by atoms with E-state index in [1.807, 2.05) is 0 Å². The Morgan fingerprint density at radius 2 is 1.84 bits per heavy atom. The van der Waals surface area contributed by atoms with Crippen LogP contribution in [0.5, 0.6) is 5.75 Å². The van der Waals surface area contributed by atoms with E-state index < -0.39 is 17.7 Å². The highest BCUT2D eigenvalue weighted by Gasteiger charge is 2.46. The van der Waals surface area contributed by atoms with E-state index in [9.17, 15) is 14.7 Å². The van der Waals surface area contributed by atoms with E-state index in [-0.39, 0.29) is 17.9 Å². The van der Waals surface area contributed by atoms with Crippen molar-refractivity contribution < 1.29 is 19.4 Å². The highest BCUT2D eigenvalue weighted by Crippen LogP contribution is 2.40. The lowest BCUT2D eigenvalue weighted by Crippen LogP contribution is -2.29. The molecule has 1 unspecified atom stereocenters. The third-order valence-electron chi connectivity index (χ3n) is 4.99. The first-order valence-corrected chi connectivity index (χ1v) is 9.82. The minimum Gasteiger partial charge on any atom is -0.507 e. The second-order valence-electron chi connectivity index (χ2n) is 6.85. The average Bonchev–Trinajstić information content (AvgIpc) is 3.05. The molecule has 1 aliphatic rings. The lowest BCUT2D eigenvalue weighted by molar-refractivity contribution is -0.140. The Balaban J connectivity index is 1.86. The maximum atomic E-state index is 13.0. The van der Waals surface area contributed by atoms with Crippen LogP contribution in [-0.4, -0.2) is 38.8 Å². The number of carbonyl (C=O) groups is 2. The SMILES string of the molecule is COc1cc(/C(O)=C2/C(=O)C(=O)N(Cc3ccccn3)C2c2ccccn2)ccc1Cl. The number of aliphatic hydroxyl groups excluding tert-OH is 1. The Hall–Kier alpha value is -3.71. The summed E-state index contributed by atoms with van der Waals surface area (Å²) >= 11 is 6.08. The van der Waals surface area contributed by atoms with Gasteiger partial charge in [-0.15, -0.1) is 0 Å². The number of methoxy groups -OCH3 is 1. The first-order valence-electron chi connectivity index (χ1n) is 9.44. The molecule has 1 saturated heterocycles. The van der Waals surface area contributed by atoms with Crippen LogP contribution in [0.15, 0.2) is 72.6 Å². The maximum Gasteiger partial charge on any atom is 0.296 e. The number of aromatic nitrogens is 2. The summed E-state index contributed by atoms with van der Waals surface area (Å²) in [5.74, 6) is -1.52. The van der Waals surface area contributed by atoms with Crippen molar-refractivity contribution >= 4 is 29.1 Å². The van der Waals surface area contributed by atoms with Gasteiger partial charge in [-0.2, -0.15) is 0 Å². The molecular weight excluding hydrogens is 418 g/mol. The zero-order valence-electron chi connectivity index (χ0n) is 16.5. The number of carbonyl (C=O) groups excluding carboxylic acids is 2. The number of Topliss-reactive ketones (excluding diaryl/α,β-unsaturated/α-hetero) is 1. The van der Waals surface area contributed by atoms with Gasteiger partial charge in [-0.25, -0.2) is 0 Å². The molecular formula is C23H18ClN3O4. The van der Waals surface area contributed by atoms with Crippen molar-refractivity contribution in [3.8, 4) is 5.75 Å². The van der Waals surface area contributed by atoms with Crippen LogP contribution < -0.4 is 4.74 Å². The van der Waals surface area contributed by atoms with Crippen LogP contribution in [0.1, 0.15) is 23.0 Å². The number of rotatable bonds is 5. The molecule has 1 fully saturated rings. The predicted octanol–water partition coefficient (Wildman–Crippen LogP) is 3.76. The Morgan fingerprint density at radius 1 is 1.10 bits per heavy atom. The van der Waals surface area contributed by atoms with Crippen LogP contribution in [0.2, 0.25) is 5.02 Å². The molecule has 8 heteroatoms. The van der Waals surface area contributed by atoms with E-state index >= 15 is 0 Å². The first kappa shape index (κ1) is 20.6. The van der Waals surface area contributed by atoms with Crippen LogP contribution in [0, 0.1) is 0 Å². The third-order valence-corrected chi connectivity index (χ3v) is 5.30. The topological polar surface area (TPSA) is 92.6 Å². The van der Waals surface area contributed by atoms with Gasteiger partial charge in [0, 0.05) is 18.0 Å². The number of halogens is 1. The van der Waals surface area contributed by atoms with Gasteiger partial charge in [0.15, 0.2) is 0 Å². The van der Waals surface area contributed by atoms with Gasteiger partial charge in [-0.05, 0) is 42.5 Å². The monoisotopic (exact) mass is 435 g/mol. The molecule has 1 N–H and O–H groups in total. The van der Waals surface area contributed by atoms with E-state index in [0.717, 1.165) is 0 Å². The molecule has 0 spiro atoms. The fourth-order valence-electron chi connectivity index (χ4n) is 3.52. The Labute approximate surface area is 183 Å². The van der Waals surface area contributed by atoms with E-state index in [2.05, 4.69) is 9.97 Å². The lowest BCUT2D eigenvalue weighted by atomic mass is 9.98. The molecule has 31 heavy (non-hydrogen) atoms. The number of ketones is 1. The molecule has 7 nitrogen and oxygen atoms in total. The van der Waals surface area contributed by atoms with Crippen LogP contribution >= 0.6 is 11.6 Å². The predicted molar refractivity (Wildman–Crippen MR) is 114 cm³/mol. The minimum absolute atomic E-state index is 0.0518. The number of aliphatic hydroxyl groups is 1. The number of benzene rings is 1. The fourth-order valence-corrected chi connectivity index (χ4v) is 3.71. The standard InChI is InChI=1S/C23H18ClN3O4/c1-31-18-12-14(8-9-16(18)24)21(28)19-20(17-7-3-5-11-26-17)27(23(30)22(19)29)13-15-6-2-4-10-25-15/h2-12,20,28H,13H2,1H3/b21-19-. The number of nitrogens with zero attached hydrogens (tertiary/aromatic N) is 3. The highest BCUT2D eigenvalue weighted by atomic mass is 35.5. The van der Waals surface area contributed by atoms with E-state index in [4.69, 9.17) is 16.3 Å². The van der Waals surface area contributed by atoms with Crippen molar-refractivity contribution in [1.82, 2.24) is 14.9 Å². The van der Waals surface area contributed by atoms with Crippen molar-refractivity contribution in [2.75, 3.05) is 7.11 Å². The van der Waals surface area contributed by atoms with Crippen molar-refractivity contribution in [2.45, 2.75) is 12.6 Å². The van der Waals surface area contributed by atoms with Gasteiger partial charge < -0.3 is 14.7 Å². The molecule has 0 radical (unpaired) electrons. The molecule has 0 aliphatic carbocycles. The fraction of sp³-hybridized carbons (Fsp3) is 0.130. The molecule has 0 bridgehead atoms. The largest absolute Gasteiger partial charge is 0.507 e. The smallest absolute Gasteiger partial charge is 0.296 e. The molecule has 1 aromatic carbocycles. The van der Waals surface area contributed by atoms with Gasteiger partial charge in [0.05, 0.1) is 35.6 Å². The first-order chi connectivity index (χ1) is 15.0. The molecule has 1 atom stereocenters. The van der Waals surface area contributed by atoms with Crippen LogP contribution in [0.25, 0.3) is 5.76 Å². The summed E-state index contributed by atoms with van der Waals surface area (Å²) in [5, 5.41) is 11.4. The Bertz CT molecular complexity index is 1170. The average molecular weight is 436 g/mol. The van der Waals surface area contributed by atoms with Gasteiger partial charge in [0.1, 0.15) is 17.6 Å². The number of amides is 1. The summed E-state index contributed by atoms with van der Waals surface area (Å²) in [6.07, 6.45) is 3.18. The number of ether oxygens (including phenoxy) is 1. The summed E-state index contributed by atoms with van der Waals surface area (Å²) in [6.45, 7) is 0.0906. The number of pyridine rings is 2. The molecule has 1 aliphatic heterocycles. The second-order valence-corrected chi connectivity index (χ2v) is 7.26. The van der Waals surface area contributed by atoms with Gasteiger partial charge in [0.2, 0.25) is 0 Å². The van der Waals surface area contributed by atoms with Gasteiger partial charge in [-0.3, -0.25) is 19.6 Å². The third kappa shape index (κ3) is 3.87. The molecule has 3 heterocycles. The molecule has 0 saturated carbocycles. The molecule has 4 rings (SSSR count). The van der Waals surface area contributed by atoms with Gasteiger partial charge in [0.25, 0.3) is 11.7 Å². The molecule has 1 amide bonds. The van der Waals surface area contributed by atoms with Gasteiger partial charge >= 0.3 is 0 Å². The normalized spacial score (nSPS) is 17.7. The van der Waals surface area contributed by atoms with Crippen molar-refractivity contribution in [1.29, 1.82) is 0 Å². The zero-order chi connectivity index (χ0) is 22.0. The maximum absolute atomic E-state index is 13.0. The summed E-state index contributed by atoms with van der Waals surface area (Å²) in [5.41, 5.74) is 1.32. The Morgan fingerprint density at radius 3 is 2.48 bits per heavy atom. The molecule has 3 aromatic rings. The summed E-state index contributed by atoms with van der Waals surface area (Å²) in [6, 6.07) is 14.3. The van der Waals surface area contributed by atoms with Crippen LogP contribution in [0.4, 0.5) is 0 Å². The molecule has 156 valence electrons. The van der Waals surface area contributed by atoms with E-state index in [1.165, 1.54) is 18.1 Å². The van der Waals surface area contributed by atoms with Crippen molar-refractivity contribution in [3.63, 3.8) is 0 Å². The van der Waals surface area contributed by atoms with Crippen LogP contribution in [-0.2, 0) is 16.1 Å². The summed E-state index contributed by atoms with van der Waals surface area (Å²) in [7, 11) is 1.45. The highest BCUT2D eigenvalue weighted by molar-refractivity contribution is 6.46. The number of likely N-dealkylation sites (tertiary alicyclic amines) is 1. The Kier molecular flexibility index (Phi) is 5.68. The summed E-state index contributed by atoms with van der Waals surface area (Å²) in [4.78, 5) is 35.9. The van der Waals surface area contributed by atoms with Crippen molar-refractivity contribution in [2.24, 2.45) is 0 Å². The van der Waals surface area contributed by atoms with Crippen LogP contribution in [0.3, 0.4) is 0 Å².